The Morgan fingerprint density at radius 1 is 1.26 bits per heavy atom. The fourth-order valence-corrected chi connectivity index (χ4v) is 4.61. The smallest absolute Gasteiger partial charge is 0.135 e. The van der Waals surface area contributed by atoms with Crippen molar-refractivity contribution in [3.8, 4) is 0 Å². The second-order valence-corrected chi connectivity index (χ2v) is 8.13. The van der Waals surface area contributed by atoms with Crippen LogP contribution in [0, 0.1) is 6.92 Å². The first kappa shape index (κ1) is 18.4. The molecule has 0 aromatic carbocycles. The van der Waals surface area contributed by atoms with Crippen molar-refractivity contribution >= 4 is 5.82 Å². The van der Waals surface area contributed by atoms with Gasteiger partial charge in [-0.05, 0) is 58.1 Å². The Bertz CT molecular complexity index is 775. The lowest BCUT2D eigenvalue weighted by atomic mass is 10.0. The highest BCUT2D eigenvalue weighted by Gasteiger charge is 2.26. The van der Waals surface area contributed by atoms with E-state index in [0.29, 0.717) is 6.04 Å². The van der Waals surface area contributed by atoms with Gasteiger partial charge in [0.2, 0.25) is 0 Å². The molecular formula is C21H32N6. The summed E-state index contributed by atoms with van der Waals surface area (Å²) in [7, 11) is 2.26. The molecule has 1 saturated heterocycles. The van der Waals surface area contributed by atoms with E-state index in [9.17, 15) is 0 Å². The van der Waals surface area contributed by atoms with Gasteiger partial charge < -0.3 is 4.90 Å². The summed E-state index contributed by atoms with van der Waals surface area (Å²) in [4.78, 5) is 14.2. The van der Waals surface area contributed by atoms with Gasteiger partial charge in [-0.15, -0.1) is 0 Å². The summed E-state index contributed by atoms with van der Waals surface area (Å²) in [6.45, 7) is 7.31. The molecule has 0 radical (unpaired) electrons. The molecule has 27 heavy (non-hydrogen) atoms. The number of H-pyrrole nitrogens is 1. The molecule has 0 amide bonds. The van der Waals surface area contributed by atoms with Gasteiger partial charge in [0.15, 0.2) is 0 Å². The molecular weight excluding hydrogens is 336 g/mol. The van der Waals surface area contributed by atoms with E-state index in [0.717, 1.165) is 44.1 Å². The standard InChI is InChI=1S/C21H32N6/c1-4-6-16-13-22-15(2)23-21(16)27-11-9-17(10-12-27)26(3)14-20-18-7-5-8-19(18)24-25-20/h13,17H,4-12,14H2,1-3H3,(H,24,25). The number of aromatic nitrogens is 4. The van der Waals surface area contributed by atoms with E-state index in [1.165, 1.54) is 54.6 Å². The molecule has 2 aliphatic rings. The lowest BCUT2D eigenvalue weighted by Gasteiger charge is -2.37. The summed E-state index contributed by atoms with van der Waals surface area (Å²) < 4.78 is 0. The molecule has 2 aromatic heterocycles. The van der Waals surface area contributed by atoms with Crippen LogP contribution in [0.5, 0.6) is 0 Å². The van der Waals surface area contributed by atoms with Gasteiger partial charge in [0.1, 0.15) is 11.6 Å². The monoisotopic (exact) mass is 368 g/mol. The zero-order valence-electron chi connectivity index (χ0n) is 17.0. The highest BCUT2D eigenvalue weighted by Crippen LogP contribution is 2.27. The van der Waals surface area contributed by atoms with Crippen molar-refractivity contribution in [3.63, 3.8) is 0 Å². The number of nitrogens with zero attached hydrogens (tertiary/aromatic N) is 5. The Morgan fingerprint density at radius 3 is 2.85 bits per heavy atom. The molecule has 1 aliphatic carbocycles. The van der Waals surface area contributed by atoms with Crippen molar-refractivity contribution in [1.82, 2.24) is 25.1 Å². The molecule has 4 rings (SSSR count). The number of nitrogens with one attached hydrogen (secondary N) is 1. The number of aryl methyl sites for hydroxylation is 3. The number of aromatic amines is 1. The molecule has 0 atom stereocenters. The summed E-state index contributed by atoms with van der Waals surface area (Å²) in [6, 6.07) is 0.618. The van der Waals surface area contributed by atoms with Crippen LogP contribution in [0.2, 0.25) is 0 Å². The second-order valence-electron chi connectivity index (χ2n) is 8.13. The average Bonchev–Trinajstić information content (AvgIpc) is 3.29. The summed E-state index contributed by atoms with van der Waals surface area (Å²) in [5.74, 6) is 2.03. The highest BCUT2D eigenvalue weighted by atomic mass is 15.2. The van der Waals surface area contributed by atoms with Gasteiger partial charge in [-0.25, -0.2) is 9.97 Å². The van der Waals surface area contributed by atoms with Crippen LogP contribution in [0.3, 0.4) is 0 Å². The van der Waals surface area contributed by atoms with Crippen LogP contribution >= 0.6 is 0 Å². The number of anilines is 1. The van der Waals surface area contributed by atoms with Crippen LogP contribution in [0.4, 0.5) is 5.82 Å². The molecule has 1 N–H and O–H groups in total. The lowest BCUT2D eigenvalue weighted by Crippen LogP contribution is -2.43. The van der Waals surface area contributed by atoms with E-state index in [2.05, 4.69) is 39.0 Å². The summed E-state index contributed by atoms with van der Waals surface area (Å²) in [6.07, 6.45) is 10.2. The molecule has 3 heterocycles. The fourth-order valence-electron chi connectivity index (χ4n) is 4.61. The quantitative estimate of drug-likeness (QED) is 0.849. The Labute approximate surface area is 162 Å². The topological polar surface area (TPSA) is 60.9 Å². The predicted octanol–water partition coefficient (Wildman–Crippen LogP) is 3.05. The van der Waals surface area contributed by atoms with Crippen LogP contribution in [-0.4, -0.2) is 51.2 Å². The molecule has 1 fully saturated rings. The second kappa shape index (κ2) is 7.97. The van der Waals surface area contributed by atoms with Crippen molar-refractivity contribution in [1.29, 1.82) is 0 Å². The number of piperidine rings is 1. The van der Waals surface area contributed by atoms with Gasteiger partial charge >= 0.3 is 0 Å². The summed E-state index contributed by atoms with van der Waals surface area (Å²) in [5.41, 5.74) is 5.42. The third-order valence-corrected chi connectivity index (χ3v) is 6.16. The average molecular weight is 369 g/mol. The van der Waals surface area contributed by atoms with Crippen LogP contribution in [0.1, 0.15) is 60.9 Å². The Kier molecular flexibility index (Phi) is 5.43. The third-order valence-electron chi connectivity index (χ3n) is 6.16. The van der Waals surface area contributed by atoms with E-state index in [4.69, 9.17) is 4.98 Å². The Balaban J connectivity index is 1.38. The van der Waals surface area contributed by atoms with Crippen molar-refractivity contribution < 1.29 is 0 Å². The maximum absolute atomic E-state index is 4.77. The first-order chi connectivity index (χ1) is 13.2. The van der Waals surface area contributed by atoms with Crippen molar-refractivity contribution in [3.05, 3.63) is 34.5 Å². The highest BCUT2D eigenvalue weighted by molar-refractivity contribution is 5.46. The van der Waals surface area contributed by atoms with Gasteiger partial charge in [-0.1, -0.05) is 13.3 Å². The summed E-state index contributed by atoms with van der Waals surface area (Å²) in [5, 5.41) is 7.83. The first-order valence-corrected chi connectivity index (χ1v) is 10.5. The lowest BCUT2D eigenvalue weighted by molar-refractivity contribution is 0.197. The molecule has 146 valence electrons. The number of fused-ring (bicyclic) bond motifs is 1. The van der Waals surface area contributed by atoms with Gasteiger partial charge in [0, 0.05) is 43.1 Å². The van der Waals surface area contributed by atoms with E-state index in [1.807, 2.05) is 13.1 Å². The van der Waals surface area contributed by atoms with Crippen molar-refractivity contribution in [2.45, 2.75) is 71.4 Å². The van der Waals surface area contributed by atoms with Gasteiger partial charge in [0.25, 0.3) is 0 Å². The van der Waals surface area contributed by atoms with E-state index < -0.39 is 0 Å². The number of rotatable bonds is 6. The Hall–Kier alpha value is -1.95. The van der Waals surface area contributed by atoms with Crippen LogP contribution in [0.15, 0.2) is 6.20 Å². The predicted molar refractivity (Wildman–Crippen MR) is 108 cm³/mol. The van der Waals surface area contributed by atoms with Gasteiger partial charge in [-0.3, -0.25) is 10.00 Å². The molecule has 0 unspecified atom stereocenters. The minimum atomic E-state index is 0.618. The zero-order valence-corrected chi connectivity index (χ0v) is 17.0. The molecule has 0 spiro atoms. The third kappa shape index (κ3) is 3.86. The molecule has 6 heteroatoms. The number of hydrogen-bond acceptors (Lipinski definition) is 5. The van der Waals surface area contributed by atoms with Gasteiger partial charge in [-0.2, -0.15) is 5.10 Å². The molecule has 1 aliphatic heterocycles. The van der Waals surface area contributed by atoms with E-state index in [-0.39, 0.29) is 0 Å². The van der Waals surface area contributed by atoms with Gasteiger partial charge in [0.05, 0.1) is 5.69 Å². The maximum atomic E-state index is 4.77. The fraction of sp³-hybridized carbons (Fsp3) is 0.667. The minimum Gasteiger partial charge on any atom is -0.356 e. The first-order valence-electron chi connectivity index (χ1n) is 10.5. The SMILES string of the molecule is CCCc1cnc(C)nc1N1CCC(N(C)Cc2n[nH]c3c2CCC3)CC1. The molecule has 2 aromatic rings. The van der Waals surface area contributed by atoms with Crippen LogP contribution < -0.4 is 4.90 Å². The molecule has 0 bridgehead atoms. The Morgan fingerprint density at radius 2 is 2.07 bits per heavy atom. The largest absolute Gasteiger partial charge is 0.356 e. The normalized spacial score (nSPS) is 17.7. The molecule has 6 nitrogen and oxygen atoms in total. The van der Waals surface area contributed by atoms with Crippen LogP contribution in [0.25, 0.3) is 0 Å². The van der Waals surface area contributed by atoms with Crippen molar-refractivity contribution in [2.75, 3.05) is 25.0 Å². The molecule has 0 saturated carbocycles. The van der Waals surface area contributed by atoms with Crippen LogP contribution in [-0.2, 0) is 25.8 Å². The van der Waals surface area contributed by atoms with E-state index in [1.54, 1.807) is 0 Å². The minimum absolute atomic E-state index is 0.618. The van der Waals surface area contributed by atoms with E-state index >= 15 is 0 Å². The maximum Gasteiger partial charge on any atom is 0.135 e. The van der Waals surface area contributed by atoms with Crippen molar-refractivity contribution in [2.24, 2.45) is 0 Å². The zero-order chi connectivity index (χ0) is 18.8. The number of hydrogen-bond donors (Lipinski definition) is 1. The summed E-state index contributed by atoms with van der Waals surface area (Å²) >= 11 is 0.